The Hall–Kier alpha value is -3.92. The van der Waals surface area contributed by atoms with Crippen LogP contribution in [0.25, 0.3) is 44.8 Å². The van der Waals surface area contributed by atoms with Crippen molar-refractivity contribution in [2.24, 2.45) is 0 Å². The van der Waals surface area contributed by atoms with Gasteiger partial charge in [0.05, 0.1) is 34.8 Å². The summed E-state index contributed by atoms with van der Waals surface area (Å²) >= 11 is 0. The predicted octanol–water partition coefficient (Wildman–Crippen LogP) is 6.09. The van der Waals surface area contributed by atoms with Crippen molar-refractivity contribution in [3.05, 3.63) is 96.3 Å². The first-order valence-electron chi connectivity index (χ1n) is 10.1. The number of rotatable bonds is 2. The van der Waals surface area contributed by atoms with E-state index in [1.807, 2.05) is 12.4 Å². The van der Waals surface area contributed by atoms with Crippen molar-refractivity contribution >= 4 is 22.3 Å². The molecule has 0 aliphatic carbocycles. The first-order valence-corrected chi connectivity index (χ1v) is 10.1. The largest absolute Gasteiger partial charge is 0.288 e. The quantitative estimate of drug-likeness (QED) is 0.360. The Balaban J connectivity index is 1.79. The molecule has 6 aromatic rings. The van der Waals surface area contributed by atoms with Gasteiger partial charge in [-0.05, 0) is 37.1 Å². The van der Waals surface area contributed by atoms with Crippen LogP contribution in [0, 0.1) is 13.8 Å². The third-order valence-corrected chi connectivity index (χ3v) is 5.93. The summed E-state index contributed by atoms with van der Waals surface area (Å²) in [5.74, 6) is 0. The van der Waals surface area contributed by atoms with Gasteiger partial charge in [0.15, 0.2) is 11.3 Å². The smallest absolute Gasteiger partial charge is 0.182 e. The summed E-state index contributed by atoms with van der Waals surface area (Å²) in [6.07, 6.45) is 3.93. The number of hydrogen-bond donors (Lipinski definition) is 0. The van der Waals surface area contributed by atoms with E-state index >= 15 is 0 Å². The highest BCUT2D eigenvalue weighted by molar-refractivity contribution is 5.91. The molecule has 0 saturated carbocycles. The van der Waals surface area contributed by atoms with Crippen LogP contribution in [0.5, 0.6) is 0 Å². The van der Waals surface area contributed by atoms with Gasteiger partial charge in [-0.15, -0.1) is 0 Å². The Morgan fingerprint density at radius 3 is 1.37 bits per heavy atom. The van der Waals surface area contributed by atoms with Crippen molar-refractivity contribution in [3.63, 3.8) is 0 Å². The number of para-hydroxylation sites is 2. The zero-order chi connectivity index (χ0) is 20.2. The Labute approximate surface area is 174 Å². The van der Waals surface area contributed by atoms with Gasteiger partial charge in [-0.25, -0.2) is 9.97 Å². The zero-order valence-electron chi connectivity index (χ0n) is 16.9. The van der Waals surface area contributed by atoms with Crippen molar-refractivity contribution in [2.75, 3.05) is 0 Å². The van der Waals surface area contributed by atoms with Crippen LogP contribution in [0.3, 0.4) is 0 Å². The number of fused-ring (bicyclic) bond motifs is 6. The molecule has 0 saturated heterocycles. The lowest BCUT2D eigenvalue weighted by Gasteiger charge is -2.13. The van der Waals surface area contributed by atoms with E-state index in [0.29, 0.717) is 0 Å². The highest BCUT2D eigenvalue weighted by Gasteiger charge is 2.19. The molecule has 0 spiro atoms. The number of hydrogen-bond acceptors (Lipinski definition) is 2. The topological polar surface area (TPSA) is 34.6 Å². The molecule has 0 bridgehead atoms. The van der Waals surface area contributed by atoms with E-state index in [-0.39, 0.29) is 0 Å². The van der Waals surface area contributed by atoms with Gasteiger partial charge in [-0.1, -0.05) is 60.7 Å². The van der Waals surface area contributed by atoms with E-state index in [9.17, 15) is 0 Å². The van der Waals surface area contributed by atoms with Gasteiger partial charge >= 0.3 is 0 Å². The normalized spacial score (nSPS) is 11.7. The molecule has 0 radical (unpaired) electrons. The molecule has 0 atom stereocenters. The number of aromatic nitrogens is 4. The van der Waals surface area contributed by atoms with Gasteiger partial charge in [0.2, 0.25) is 0 Å². The highest BCUT2D eigenvalue weighted by Crippen LogP contribution is 2.33. The van der Waals surface area contributed by atoms with Crippen LogP contribution in [-0.2, 0) is 0 Å². The average Bonchev–Trinajstić information content (AvgIpc) is 3.39. The van der Waals surface area contributed by atoms with E-state index in [0.717, 1.165) is 33.7 Å². The minimum Gasteiger partial charge on any atom is -0.288 e. The number of imidazole rings is 2. The SMILES string of the molecule is Cc1ccccc1-c1cnc2c3ncc(-c4ccccc4C)n3c3ccccc3n12. The number of aryl methyl sites for hydroxylation is 2. The van der Waals surface area contributed by atoms with Gasteiger partial charge < -0.3 is 0 Å². The fraction of sp³-hybridized carbons (Fsp3) is 0.0769. The number of nitrogens with zero attached hydrogens (tertiary/aromatic N) is 4. The molecular formula is C26H20N4. The van der Waals surface area contributed by atoms with E-state index in [2.05, 4.69) is 95.4 Å². The molecule has 6 rings (SSSR count). The maximum atomic E-state index is 4.82. The molecule has 0 amide bonds. The second kappa shape index (κ2) is 6.29. The molecule has 0 unspecified atom stereocenters. The molecule has 0 N–H and O–H groups in total. The minimum atomic E-state index is 0.867. The lowest BCUT2D eigenvalue weighted by Crippen LogP contribution is -2.00. The van der Waals surface area contributed by atoms with E-state index in [4.69, 9.17) is 9.97 Å². The average molecular weight is 388 g/mol. The lowest BCUT2D eigenvalue weighted by atomic mass is 10.1. The fourth-order valence-electron chi connectivity index (χ4n) is 4.45. The lowest BCUT2D eigenvalue weighted by molar-refractivity contribution is 1.17. The van der Waals surface area contributed by atoms with Crippen LogP contribution in [0.4, 0.5) is 0 Å². The van der Waals surface area contributed by atoms with E-state index < -0.39 is 0 Å². The van der Waals surface area contributed by atoms with Gasteiger partial charge in [-0.3, -0.25) is 8.80 Å². The summed E-state index contributed by atoms with van der Waals surface area (Å²) in [7, 11) is 0. The van der Waals surface area contributed by atoms with Crippen LogP contribution in [-0.4, -0.2) is 18.8 Å². The first-order chi connectivity index (χ1) is 14.7. The van der Waals surface area contributed by atoms with Crippen molar-refractivity contribution < 1.29 is 0 Å². The molecule has 3 heterocycles. The molecule has 0 aliphatic heterocycles. The van der Waals surface area contributed by atoms with Crippen LogP contribution >= 0.6 is 0 Å². The minimum absolute atomic E-state index is 0.867. The van der Waals surface area contributed by atoms with Crippen molar-refractivity contribution in [2.45, 2.75) is 13.8 Å². The Bertz CT molecular complexity index is 1450. The Morgan fingerprint density at radius 1 is 0.533 bits per heavy atom. The maximum Gasteiger partial charge on any atom is 0.182 e. The molecule has 30 heavy (non-hydrogen) atoms. The molecule has 0 aliphatic rings. The number of benzene rings is 3. The van der Waals surface area contributed by atoms with Gasteiger partial charge in [-0.2, -0.15) is 0 Å². The highest BCUT2D eigenvalue weighted by atomic mass is 15.1. The third kappa shape index (κ3) is 2.28. The monoisotopic (exact) mass is 388 g/mol. The van der Waals surface area contributed by atoms with Crippen molar-refractivity contribution in [3.8, 4) is 22.5 Å². The summed E-state index contributed by atoms with van der Waals surface area (Å²) in [6.45, 7) is 4.28. The van der Waals surface area contributed by atoms with Gasteiger partial charge in [0.25, 0.3) is 0 Å². The van der Waals surface area contributed by atoms with Crippen LogP contribution in [0.2, 0.25) is 0 Å². The van der Waals surface area contributed by atoms with Crippen LogP contribution in [0.1, 0.15) is 11.1 Å². The molecular weight excluding hydrogens is 368 g/mol. The van der Waals surface area contributed by atoms with Crippen molar-refractivity contribution in [1.82, 2.24) is 18.8 Å². The van der Waals surface area contributed by atoms with Crippen LogP contribution < -0.4 is 0 Å². The Morgan fingerprint density at radius 2 is 0.933 bits per heavy atom. The summed E-state index contributed by atoms with van der Waals surface area (Å²) < 4.78 is 4.48. The van der Waals surface area contributed by atoms with Crippen LogP contribution in [0.15, 0.2) is 85.2 Å². The van der Waals surface area contributed by atoms with E-state index in [1.54, 1.807) is 0 Å². The molecule has 4 nitrogen and oxygen atoms in total. The fourth-order valence-corrected chi connectivity index (χ4v) is 4.45. The van der Waals surface area contributed by atoms with Crippen molar-refractivity contribution in [1.29, 1.82) is 0 Å². The Kier molecular flexibility index (Phi) is 3.56. The summed E-state index contributed by atoms with van der Waals surface area (Å²) in [5, 5.41) is 0. The summed E-state index contributed by atoms with van der Waals surface area (Å²) in [5.41, 5.74) is 11.0. The predicted molar refractivity (Wildman–Crippen MR) is 122 cm³/mol. The second-order valence-electron chi connectivity index (χ2n) is 7.72. The van der Waals surface area contributed by atoms with Gasteiger partial charge in [0, 0.05) is 11.1 Å². The summed E-state index contributed by atoms with van der Waals surface area (Å²) in [6, 6.07) is 25.4. The van der Waals surface area contributed by atoms with Gasteiger partial charge in [0.1, 0.15) is 0 Å². The third-order valence-electron chi connectivity index (χ3n) is 5.93. The molecule has 3 aromatic carbocycles. The maximum absolute atomic E-state index is 4.82. The molecule has 144 valence electrons. The molecule has 3 aromatic heterocycles. The second-order valence-corrected chi connectivity index (χ2v) is 7.72. The molecule has 0 fully saturated rings. The first kappa shape index (κ1) is 17.0. The summed E-state index contributed by atoms with van der Waals surface area (Å²) in [4.78, 5) is 9.65. The standard InChI is InChI=1S/C26H20N4/c1-17-9-3-5-11-19(17)23-15-27-25-26-28-16-24(20-12-6-4-10-18(20)2)30(26)22-14-8-7-13-21(22)29(23)25/h3-16H,1-2H3. The van der Waals surface area contributed by atoms with E-state index in [1.165, 1.54) is 22.3 Å². The zero-order valence-corrected chi connectivity index (χ0v) is 16.9. The molecule has 4 heteroatoms.